The van der Waals surface area contributed by atoms with Crippen LogP contribution < -0.4 is 0 Å². The topological polar surface area (TPSA) is 52.6 Å². The Morgan fingerprint density at radius 2 is 1.50 bits per heavy atom. The molecule has 4 nitrogen and oxygen atoms in total. The average molecular weight is 286 g/mol. The Kier molecular flexibility index (Phi) is 10.1. The average Bonchev–Trinajstić information content (AvgIpc) is 2.39. The largest absolute Gasteiger partial charge is 0.465 e. The SMILES string of the molecule is CCC(CC)COC(=O)CCCC(=O)OC(C)C(C)C. The monoisotopic (exact) mass is 286 g/mol. The molecule has 20 heavy (non-hydrogen) atoms. The smallest absolute Gasteiger partial charge is 0.306 e. The molecule has 0 saturated carbocycles. The summed E-state index contributed by atoms with van der Waals surface area (Å²) in [4.78, 5) is 23.0. The third-order valence-corrected chi connectivity index (χ3v) is 3.65. The summed E-state index contributed by atoms with van der Waals surface area (Å²) >= 11 is 0. The van der Waals surface area contributed by atoms with E-state index in [1.165, 1.54) is 0 Å². The van der Waals surface area contributed by atoms with Crippen molar-refractivity contribution in [1.82, 2.24) is 0 Å². The van der Waals surface area contributed by atoms with Crippen LogP contribution in [0.5, 0.6) is 0 Å². The van der Waals surface area contributed by atoms with Gasteiger partial charge in [0.2, 0.25) is 0 Å². The lowest BCUT2D eigenvalue weighted by Crippen LogP contribution is -2.20. The van der Waals surface area contributed by atoms with Gasteiger partial charge in [0.1, 0.15) is 6.10 Å². The van der Waals surface area contributed by atoms with Crippen molar-refractivity contribution in [3.63, 3.8) is 0 Å². The molecule has 0 radical (unpaired) electrons. The number of rotatable bonds is 10. The predicted molar refractivity (Wildman–Crippen MR) is 79.3 cm³/mol. The third-order valence-electron chi connectivity index (χ3n) is 3.65. The second kappa shape index (κ2) is 10.7. The molecule has 0 bridgehead atoms. The van der Waals surface area contributed by atoms with Crippen LogP contribution in [0, 0.1) is 11.8 Å². The molecular weight excluding hydrogens is 256 g/mol. The quantitative estimate of drug-likeness (QED) is 0.574. The van der Waals surface area contributed by atoms with E-state index < -0.39 is 0 Å². The summed E-state index contributed by atoms with van der Waals surface area (Å²) in [5.41, 5.74) is 0. The molecule has 0 aliphatic rings. The predicted octanol–water partition coefficient (Wildman–Crippen LogP) is 3.72. The van der Waals surface area contributed by atoms with E-state index in [1.807, 2.05) is 20.8 Å². The van der Waals surface area contributed by atoms with Crippen LogP contribution in [0.1, 0.15) is 66.7 Å². The molecule has 0 saturated heterocycles. The lowest BCUT2D eigenvalue weighted by Gasteiger charge is -2.16. The minimum absolute atomic E-state index is 0.0793. The fraction of sp³-hybridized carbons (Fsp3) is 0.875. The molecule has 0 aromatic rings. The van der Waals surface area contributed by atoms with Crippen LogP contribution in [-0.2, 0) is 19.1 Å². The first-order valence-corrected chi connectivity index (χ1v) is 7.75. The zero-order valence-electron chi connectivity index (χ0n) is 13.6. The van der Waals surface area contributed by atoms with E-state index in [0.29, 0.717) is 24.9 Å². The second-order valence-corrected chi connectivity index (χ2v) is 5.66. The summed E-state index contributed by atoms with van der Waals surface area (Å²) < 4.78 is 10.4. The highest BCUT2D eigenvalue weighted by Gasteiger charge is 2.14. The Morgan fingerprint density at radius 3 is 2.00 bits per heavy atom. The Bertz CT molecular complexity index is 282. The van der Waals surface area contributed by atoms with Crippen LogP contribution in [0.4, 0.5) is 0 Å². The van der Waals surface area contributed by atoms with Gasteiger partial charge >= 0.3 is 11.9 Å². The molecule has 0 fully saturated rings. The van der Waals surface area contributed by atoms with Crippen molar-refractivity contribution in [2.75, 3.05) is 6.61 Å². The first kappa shape index (κ1) is 18.9. The molecule has 0 N–H and O–H groups in total. The molecule has 0 rings (SSSR count). The van der Waals surface area contributed by atoms with E-state index in [4.69, 9.17) is 9.47 Å². The van der Waals surface area contributed by atoms with Crippen molar-refractivity contribution in [1.29, 1.82) is 0 Å². The summed E-state index contributed by atoms with van der Waals surface area (Å²) in [6, 6.07) is 0. The minimum Gasteiger partial charge on any atom is -0.465 e. The molecule has 4 heteroatoms. The highest BCUT2D eigenvalue weighted by Crippen LogP contribution is 2.10. The number of hydrogen-bond donors (Lipinski definition) is 0. The van der Waals surface area contributed by atoms with Gasteiger partial charge in [-0.2, -0.15) is 0 Å². The van der Waals surface area contributed by atoms with Crippen molar-refractivity contribution < 1.29 is 19.1 Å². The zero-order chi connectivity index (χ0) is 15.5. The van der Waals surface area contributed by atoms with Gasteiger partial charge in [0, 0.05) is 12.8 Å². The van der Waals surface area contributed by atoms with Gasteiger partial charge in [-0.1, -0.05) is 40.5 Å². The van der Waals surface area contributed by atoms with E-state index in [9.17, 15) is 9.59 Å². The Balaban J connectivity index is 3.73. The van der Waals surface area contributed by atoms with Gasteiger partial charge < -0.3 is 9.47 Å². The van der Waals surface area contributed by atoms with Crippen molar-refractivity contribution >= 4 is 11.9 Å². The number of carbonyl (C=O) groups is 2. The summed E-state index contributed by atoms with van der Waals surface area (Å²) in [7, 11) is 0. The van der Waals surface area contributed by atoms with Crippen molar-refractivity contribution in [3.8, 4) is 0 Å². The molecule has 0 spiro atoms. The van der Waals surface area contributed by atoms with Gasteiger partial charge in [-0.25, -0.2) is 0 Å². The van der Waals surface area contributed by atoms with Gasteiger partial charge in [0.05, 0.1) is 6.61 Å². The highest BCUT2D eigenvalue weighted by atomic mass is 16.5. The molecular formula is C16H30O4. The normalized spacial score (nSPS) is 12.6. The molecule has 1 unspecified atom stereocenters. The molecule has 0 heterocycles. The van der Waals surface area contributed by atoms with E-state index >= 15 is 0 Å². The lowest BCUT2D eigenvalue weighted by molar-refractivity contribution is -0.150. The second-order valence-electron chi connectivity index (χ2n) is 5.66. The number of ether oxygens (including phenoxy) is 2. The molecule has 0 amide bonds. The van der Waals surface area contributed by atoms with Gasteiger partial charge in [0.25, 0.3) is 0 Å². The Morgan fingerprint density at radius 1 is 0.950 bits per heavy atom. The van der Waals surface area contributed by atoms with E-state index in [-0.39, 0.29) is 30.9 Å². The Labute approximate surface area is 123 Å². The maximum absolute atomic E-state index is 11.5. The first-order chi connectivity index (χ1) is 9.40. The Hall–Kier alpha value is -1.06. The van der Waals surface area contributed by atoms with Gasteiger partial charge in [-0.15, -0.1) is 0 Å². The summed E-state index contributed by atoms with van der Waals surface area (Å²) in [6.45, 7) is 10.6. The van der Waals surface area contributed by atoms with E-state index in [1.54, 1.807) is 0 Å². The fourth-order valence-electron chi connectivity index (χ4n) is 1.59. The van der Waals surface area contributed by atoms with Crippen LogP contribution >= 0.6 is 0 Å². The molecule has 0 aromatic carbocycles. The van der Waals surface area contributed by atoms with E-state index in [0.717, 1.165) is 12.8 Å². The third kappa shape index (κ3) is 8.94. The first-order valence-electron chi connectivity index (χ1n) is 7.75. The van der Waals surface area contributed by atoms with E-state index in [2.05, 4.69) is 13.8 Å². The van der Waals surface area contributed by atoms with Gasteiger partial charge in [-0.3, -0.25) is 9.59 Å². The van der Waals surface area contributed by atoms with Crippen LogP contribution in [0.25, 0.3) is 0 Å². The highest BCUT2D eigenvalue weighted by molar-refractivity contribution is 5.72. The lowest BCUT2D eigenvalue weighted by atomic mass is 10.1. The minimum atomic E-state index is -0.237. The van der Waals surface area contributed by atoms with Crippen molar-refractivity contribution in [2.24, 2.45) is 11.8 Å². The van der Waals surface area contributed by atoms with Crippen LogP contribution in [0.15, 0.2) is 0 Å². The molecule has 1 atom stereocenters. The zero-order valence-corrected chi connectivity index (χ0v) is 13.6. The van der Waals surface area contributed by atoms with Gasteiger partial charge in [0.15, 0.2) is 0 Å². The van der Waals surface area contributed by atoms with Crippen molar-refractivity contribution in [2.45, 2.75) is 72.8 Å². The number of esters is 2. The maximum Gasteiger partial charge on any atom is 0.306 e. The molecule has 0 aliphatic carbocycles. The summed E-state index contributed by atoms with van der Waals surface area (Å²) in [5.74, 6) is 0.292. The molecule has 0 aliphatic heterocycles. The van der Waals surface area contributed by atoms with Crippen LogP contribution in [0.3, 0.4) is 0 Å². The standard InChI is InChI=1S/C16H30O4/c1-6-14(7-2)11-19-15(17)9-8-10-16(18)20-13(5)12(3)4/h12-14H,6-11H2,1-5H3. The summed E-state index contributed by atoms with van der Waals surface area (Å²) in [6.07, 6.45) is 3.00. The fourth-order valence-corrected chi connectivity index (χ4v) is 1.59. The number of carbonyl (C=O) groups excluding carboxylic acids is 2. The molecule has 118 valence electrons. The number of hydrogen-bond acceptors (Lipinski definition) is 4. The molecule has 0 aromatic heterocycles. The van der Waals surface area contributed by atoms with Crippen LogP contribution in [-0.4, -0.2) is 24.6 Å². The summed E-state index contributed by atoms with van der Waals surface area (Å²) in [5, 5.41) is 0. The van der Waals surface area contributed by atoms with Crippen molar-refractivity contribution in [3.05, 3.63) is 0 Å². The van der Waals surface area contributed by atoms with Gasteiger partial charge in [-0.05, 0) is 25.2 Å². The maximum atomic E-state index is 11.5. The van der Waals surface area contributed by atoms with Crippen LogP contribution in [0.2, 0.25) is 0 Å².